The van der Waals surface area contributed by atoms with Crippen molar-refractivity contribution < 1.29 is 14.7 Å². The molecule has 2 amide bonds. The number of amides is 2. The van der Waals surface area contributed by atoms with E-state index in [0.29, 0.717) is 12.0 Å². The van der Waals surface area contributed by atoms with Crippen molar-refractivity contribution in [3.63, 3.8) is 0 Å². The summed E-state index contributed by atoms with van der Waals surface area (Å²) in [6.45, 7) is 4.88. The second kappa shape index (κ2) is 5.80. The molecule has 2 rings (SSSR count). The Hall–Kier alpha value is -1.26. The maximum absolute atomic E-state index is 12.5. The van der Waals surface area contributed by atoms with Gasteiger partial charge in [0.05, 0.1) is 0 Å². The highest BCUT2D eigenvalue weighted by Crippen LogP contribution is 2.32. The van der Waals surface area contributed by atoms with Crippen LogP contribution in [0.3, 0.4) is 0 Å². The molecular formula is C14H24N2O3. The predicted molar refractivity (Wildman–Crippen MR) is 71.9 cm³/mol. The number of carboxylic acids is 1. The van der Waals surface area contributed by atoms with Crippen LogP contribution >= 0.6 is 0 Å². The van der Waals surface area contributed by atoms with Gasteiger partial charge in [-0.05, 0) is 38.0 Å². The Morgan fingerprint density at radius 1 is 1.11 bits per heavy atom. The third-order valence-corrected chi connectivity index (χ3v) is 3.72. The number of hydrogen-bond acceptors (Lipinski definition) is 2. The van der Waals surface area contributed by atoms with E-state index in [0.717, 1.165) is 38.6 Å². The van der Waals surface area contributed by atoms with Crippen molar-refractivity contribution in [2.75, 3.05) is 13.1 Å². The van der Waals surface area contributed by atoms with Gasteiger partial charge >= 0.3 is 12.0 Å². The lowest BCUT2D eigenvalue weighted by atomic mass is 10.1. The van der Waals surface area contributed by atoms with Gasteiger partial charge in [-0.3, -0.25) is 4.79 Å². The van der Waals surface area contributed by atoms with Crippen molar-refractivity contribution in [2.45, 2.75) is 58.0 Å². The van der Waals surface area contributed by atoms with Crippen LogP contribution in [0.5, 0.6) is 0 Å². The van der Waals surface area contributed by atoms with E-state index in [4.69, 9.17) is 5.11 Å². The van der Waals surface area contributed by atoms with Crippen LogP contribution in [0.25, 0.3) is 0 Å². The summed E-state index contributed by atoms with van der Waals surface area (Å²) in [6, 6.07) is 0.443. The number of carboxylic acid groups (broad SMARTS) is 1. The van der Waals surface area contributed by atoms with E-state index in [-0.39, 0.29) is 18.6 Å². The van der Waals surface area contributed by atoms with Crippen LogP contribution in [0.2, 0.25) is 0 Å². The van der Waals surface area contributed by atoms with Gasteiger partial charge in [-0.1, -0.05) is 13.8 Å². The fraction of sp³-hybridized carbons (Fsp3) is 0.857. The van der Waals surface area contributed by atoms with Crippen molar-refractivity contribution in [3.8, 4) is 0 Å². The molecule has 5 heteroatoms. The maximum atomic E-state index is 12.5. The highest BCUT2D eigenvalue weighted by Gasteiger charge is 2.40. The summed E-state index contributed by atoms with van der Waals surface area (Å²) < 4.78 is 0. The Kier molecular flexibility index (Phi) is 4.32. The van der Waals surface area contributed by atoms with Gasteiger partial charge in [0.15, 0.2) is 0 Å². The average Bonchev–Trinajstić information content (AvgIpc) is 3.15. The molecule has 108 valence electrons. The smallest absolute Gasteiger partial charge is 0.323 e. The van der Waals surface area contributed by atoms with E-state index in [1.54, 1.807) is 4.90 Å². The molecule has 0 aromatic heterocycles. The second-order valence-corrected chi connectivity index (χ2v) is 6.14. The predicted octanol–water partition coefficient (Wildman–Crippen LogP) is 2.17. The zero-order chi connectivity index (χ0) is 14.0. The molecule has 2 fully saturated rings. The molecule has 2 saturated carbocycles. The Balaban J connectivity index is 1.97. The van der Waals surface area contributed by atoms with E-state index in [1.165, 1.54) is 0 Å². The van der Waals surface area contributed by atoms with E-state index in [2.05, 4.69) is 13.8 Å². The molecule has 2 aliphatic rings. The standard InChI is InChI=1S/C14H24N2O3/c1-10(2)7-8-15(11-3-4-11)14(19)16(9-13(17)18)12-5-6-12/h10-12H,3-9H2,1-2H3,(H,17,18). The van der Waals surface area contributed by atoms with Crippen LogP contribution in [0.4, 0.5) is 4.79 Å². The molecule has 19 heavy (non-hydrogen) atoms. The van der Waals surface area contributed by atoms with Crippen LogP contribution in [-0.2, 0) is 4.79 Å². The normalized spacial score (nSPS) is 18.5. The largest absolute Gasteiger partial charge is 0.480 e. The zero-order valence-electron chi connectivity index (χ0n) is 11.8. The third-order valence-electron chi connectivity index (χ3n) is 3.72. The number of aliphatic carboxylic acids is 1. The monoisotopic (exact) mass is 268 g/mol. The summed E-state index contributed by atoms with van der Waals surface area (Å²) >= 11 is 0. The Morgan fingerprint density at radius 3 is 2.05 bits per heavy atom. The summed E-state index contributed by atoms with van der Waals surface area (Å²) in [5, 5.41) is 8.95. The maximum Gasteiger partial charge on any atom is 0.323 e. The van der Waals surface area contributed by atoms with Crippen molar-refractivity contribution in [1.29, 1.82) is 0 Å². The molecule has 2 aliphatic carbocycles. The topological polar surface area (TPSA) is 60.9 Å². The molecule has 0 saturated heterocycles. The molecule has 0 aromatic carbocycles. The third kappa shape index (κ3) is 4.11. The lowest BCUT2D eigenvalue weighted by Crippen LogP contribution is -2.48. The van der Waals surface area contributed by atoms with E-state index in [9.17, 15) is 9.59 Å². The quantitative estimate of drug-likeness (QED) is 0.769. The lowest BCUT2D eigenvalue weighted by Gasteiger charge is -2.30. The highest BCUT2D eigenvalue weighted by atomic mass is 16.4. The molecule has 5 nitrogen and oxygen atoms in total. The van der Waals surface area contributed by atoms with Gasteiger partial charge < -0.3 is 14.9 Å². The number of carbonyl (C=O) groups excluding carboxylic acids is 1. The fourth-order valence-electron chi connectivity index (χ4n) is 2.27. The number of nitrogens with zero attached hydrogens (tertiary/aromatic N) is 2. The van der Waals surface area contributed by atoms with Crippen molar-refractivity contribution in [3.05, 3.63) is 0 Å². The van der Waals surface area contributed by atoms with Crippen molar-refractivity contribution >= 4 is 12.0 Å². The van der Waals surface area contributed by atoms with Gasteiger partial charge in [0.2, 0.25) is 0 Å². The van der Waals surface area contributed by atoms with Gasteiger partial charge in [0.1, 0.15) is 6.54 Å². The Morgan fingerprint density at radius 2 is 1.63 bits per heavy atom. The van der Waals surface area contributed by atoms with Crippen LogP contribution in [-0.4, -0.2) is 52.1 Å². The Bertz CT molecular complexity index is 349. The summed E-state index contributed by atoms with van der Waals surface area (Å²) in [6.07, 6.45) is 5.00. The Labute approximate surface area is 114 Å². The summed E-state index contributed by atoms with van der Waals surface area (Å²) in [5.41, 5.74) is 0. The van der Waals surface area contributed by atoms with E-state index < -0.39 is 5.97 Å². The molecule has 0 unspecified atom stereocenters. The first kappa shape index (κ1) is 14.2. The second-order valence-electron chi connectivity index (χ2n) is 6.14. The van der Waals surface area contributed by atoms with Gasteiger partial charge in [-0.15, -0.1) is 0 Å². The number of urea groups is 1. The molecule has 0 radical (unpaired) electrons. The SMILES string of the molecule is CC(C)CCN(C(=O)N(CC(=O)O)C1CC1)C1CC1. The van der Waals surface area contributed by atoms with Gasteiger partial charge in [-0.2, -0.15) is 0 Å². The van der Waals surface area contributed by atoms with Crippen LogP contribution in [0, 0.1) is 5.92 Å². The van der Waals surface area contributed by atoms with Gasteiger partial charge in [0.25, 0.3) is 0 Å². The summed E-state index contributed by atoms with van der Waals surface area (Å²) in [7, 11) is 0. The summed E-state index contributed by atoms with van der Waals surface area (Å²) in [4.78, 5) is 26.9. The first-order valence-electron chi connectivity index (χ1n) is 7.28. The number of rotatable bonds is 7. The highest BCUT2D eigenvalue weighted by molar-refractivity contribution is 5.81. The average molecular weight is 268 g/mol. The molecule has 1 N–H and O–H groups in total. The minimum atomic E-state index is -0.917. The van der Waals surface area contributed by atoms with Gasteiger partial charge in [-0.25, -0.2) is 4.79 Å². The molecule has 0 aliphatic heterocycles. The van der Waals surface area contributed by atoms with Crippen molar-refractivity contribution in [2.24, 2.45) is 5.92 Å². The van der Waals surface area contributed by atoms with Gasteiger partial charge in [0, 0.05) is 18.6 Å². The van der Waals surface area contributed by atoms with Crippen LogP contribution in [0.15, 0.2) is 0 Å². The van der Waals surface area contributed by atoms with Crippen LogP contribution < -0.4 is 0 Å². The molecule has 0 spiro atoms. The van der Waals surface area contributed by atoms with E-state index >= 15 is 0 Å². The zero-order valence-corrected chi connectivity index (χ0v) is 11.8. The summed E-state index contributed by atoms with van der Waals surface area (Å²) in [5.74, 6) is -0.359. The minimum absolute atomic E-state index is 0.0620. The number of carbonyl (C=O) groups is 2. The molecule has 0 atom stereocenters. The van der Waals surface area contributed by atoms with Crippen molar-refractivity contribution in [1.82, 2.24) is 9.80 Å². The first-order chi connectivity index (χ1) is 8.99. The first-order valence-corrected chi connectivity index (χ1v) is 7.28. The van der Waals surface area contributed by atoms with E-state index in [1.807, 2.05) is 4.90 Å². The minimum Gasteiger partial charge on any atom is -0.480 e. The fourth-order valence-corrected chi connectivity index (χ4v) is 2.27. The molecule has 0 bridgehead atoms. The molecule has 0 aromatic rings. The lowest BCUT2D eigenvalue weighted by molar-refractivity contribution is -0.137. The number of hydrogen-bond donors (Lipinski definition) is 1. The molecular weight excluding hydrogens is 244 g/mol. The molecule has 0 heterocycles. The van der Waals surface area contributed by atoms with Crippen LogP contribution in [0.1, 0.15) is 46.0 Å².